The van der Waals surface area contributed by atoms with E-state index in [0.717, 1.165) is 0 Å². The molecule has 5 heteroatoms. The van der Waals surface area contributed by atoms with Crippen molar-refractivity contribution in [3.05, 3.63) is 0 Å². The molecule has 1 fully saturated rings. The van der Waals surface area contributed by atoms with Gasteiger partial charge in [-0.05, 0) is 38.9 Å². The van der Waals surface area contributed by atoms with E-state index in [1.165, 1.54) is 0 Å². The van der Waals surface area contributed by atoms with Crippen LogP contribution in [0.3, 0.4) is 0 Å². The highest BCUT2D eigenvalue weighted by atomic mass is 28.4. The number of hydrogen-bond acceptors (Lipinski definition) is 4. The highest BCUT2D eigenvalue weighted by molar-refractivity contribution is 6.74. The van der Waals surface area contributed by atoms with Gasteiger partial charge in [0, 0.05) is 6.42 Å². The Kier molecular flexibility index (Phi) is 4.77. The Balaban J connectivity index is 2.85. The van der Waals surface area contributed by atoms with Crippen molar-refractivity contribution >= 4 is 8.32 Å². The molecule has 1 rings (SSSR count). The number of hydrogen-bond donors (Lipinski definition) is 0. The predicted octanol–water partition coefficient (Wildman–Crippen LogP) is 3.83. The Morgan fingerprint density at radius 1 is 1.35 bits per heavy atom. The summed E-state index contributed by atoms with van der Waals surface area (Å²) in [4.78, 5) is 0. The molecule has 0 aromatic rings. The summed E-state index contributed by atoms with van der Waals surface area (Å²) in [5.41, 5.74) is -0.906. The fraction of sp³-hybridized carbons (Fsp3) is 0.933. The summed E-state index contributed by atoms with van der Waals surface area (Å²) in [7, 11) is -1.89. The van der Waals surface area contributed by atoms with Gasteiger partial charge in [-0.3, -0.25) is 0 Å². The highest BCUT2D eigenvalue weighted by Gasteiger charge is 2.47. The molecule has 1 aliphatic rings. The smallest absolute Gasteiger partial charge is 0.192 e. The summed E-state index contributed by atoms with van der Waals surface area (Å²) in [5.74, 6) is -0.746. The van der Waals surface area contributed by atoms with Crippen LogP contribution in [0.15, 0.2) is 0 Å². The lowest BCUT2D eigenvalue weighted by atomic mass is 9.96. The van der Waals surface area contributed by atoms with E-state index in [9.17, 15) is 5.26 Å². The summed E-state index contributed by atoms with van der Waals surface area (Å²) < 4.78 is 17.8. The van der Waals surface area contributed by atoms with Crippen LogP contribution in [0, 0.1) is 11.3 Å². The van der Waals surface area contributed by atoms with E-state index in [2.05, 4.69) is 39.9 Å². The SMILES string of the molecule is C[C@H]1C[C@](C#N)(CO[Si](C)(C)C(C)(C)C)OC(C)(C)O1. The molecule has 0 saturated carbocycles. The van der Waals surface area contributed by atoms with E-state index in [-0.39, 0.29) is 11.1 Å². The van der Waals surface area contributed by atoms with Crippen molar-refractivity contribution in [2.24, 2.45) is 0 Å². The quantitative estimate of drug-likeness (QED) is 0.743. The maximum atomic E-state index is 9.60. The summed E-state index contributed by atoms with van der Waals surface area (Å²) in [6.45, 7) is 16.9. The van der Waals surface area contributed by atoms with E-state index in [4.69, 9.17) is 13.9 Å². The largest absolute Gasteiger partial charge is 0.413 e. The minimum absolute atomic E-state index is 0.0126. The van der Waals surface area contributed by atoms with Crippen LogP contribution in [0.4, 0.5) is 0 Å². The van der Waals surface area contributed by atoms with Crippen molar-refractivity contribution in [3.8, 4) is 6.07 Å². The predicted molar refractivity (Wildman–Crippen MR) is 81.8 cm³/mol. The summed E-state index contributed by atoms with van der Waals surface area (Å²) >= 11 is 0. The molecular formula is C15H29NO3Si. The van der Waals surface area contributed by atoms with Crippen molar-refractivity contribution < 1.29 is 13.9 Å². The molecule has 0 spiro atoms. The van der Waals surface area contributed by atoms with Gasteiger partial charge in [0.25, 0.3) is 0 Å². The first kappa shape index (κ1) is 17.6. The first-order valence-corrected chi connectivity index (χ1v) is 10.2. The molecule has 0 radical (unpaired) electrons. The van der Waals surface area contributed by atoms with Crippen LogP contribution in [0.1, 0.15) is 48.0 Å². The van der Waals surface area contributed by atoms with Gasteiger partial charge in [-0.15, -0.1) is 0 Å². The van der Waals surface area contributed by atoms with Gasteiger partial charge in [0.1, 0.15) is 6.07 Å². The third-order valence-electron chi connectivity index (χ3n) is 4.22. The Labute approximate surface area is 124 Å². The van der Waals surface area contributed by atoms with Crippen molar-refractivity contribution in [2.75, 3.05) is 6.61 Å². The summed E-state index contributed by atoms with van der Waals surface area (Å²) in [6.07, 6.45) is 0.531. The highest BCUT2D eigenvalue weighted by Crippen LogP contribution is 2.39. The Morgan fingerprint density at radius 3 is 2.30 bits per heavy atom. The minimum Gasteiger partial charge on any atom is -0.413 e. The molecule has 0 bridgehead atoms. The lowest BCUT2D eigenvalue weighted by Crippen LogP contribution is -2.55. The van der Waals surface area contributed by atoms with Crippen LogP contribution in [0.2, 0.25) is 18.1 Å². The third kappa shape index (κ3) is 4.04. The molecule has 20 heavy (non-hydrogen) atoms. The molecule has 1 heterocycles. The molecule has 2 atom stereocenters. The topological polar surface area (TPSA) is 51.5 Å². The normalized spacial score (nSPS) is 30.9. The van der Waals surface area contributed by atoms with Crippen LogP contribution >= 0.6 is 0 Å². The van der Waals surface area contributed by atoms with Crippen LogP contribution in [0.5, 0.6) is 0 Å². The lowest BCUT2D eigenvalue weighted by Gasteiger charge is -2.46. The Morgan fingerprint density at radius 2 is 1.90 bits per heavy atom. The van der Waals surface area contributed by atoms with Gasteiger partial charge in [0.2, 0.25) is 0 Å². The van der Waals surface area contributed by atoms with Gasteiger partial charge >= 0.3 is 0 Å². The van der Waals surface area contributed by atoms with Crippen molar-refractivity contribution in [3.63, 3.8) is 0 Å². The van der Waals surface area contributed by atoms with Gasteiger partial charge < -0.3 is 13.9 Å². The molecule has 1 saturated heterocycles. The Hall–Kier alpha value is -0.413. The fourth-order valence-corrected chi connectivity index (χ4v) is 3.26. The summed E-state index contributed by atoms with van der Waals surface area (Å²) in [5, 5.41) is 9.72. The number of rotatable bonds is 3. The van der Waals surface area contributed by atoms with Crippen molar-refractivity contribution in [1.29, 1.82) is 5.26 Å². The zero-order valence-corrected chi connectivity index (χ0v) is 15.2. The zero-order valence-electron chi connectivity index (χ0n) is 14.2. The average molecular weight is 299 g/mol. The first-order chi connectivity index (χ1) is 8.83. The van der Waals surface area contributed by atoms with Crippen LogP contribution in [-0.2, 0) is 13.9 Å². The zero-order chi connectivity index (χ0) is 15.8. The summed E-state index contributed by atoms with van der Waals surface area (Å²) in [6, 6.07) is 2.32. The lowest BCUT2D eigenvalue weighted by molar-refractivity contribution is -0.320. The monoisotopic (exact) mass is 299 g/mol. The molecule has 0 aromatic carbocycles. The molecule has 0 aliphatic carbocycles. The minimum atomic E-state index is -1.89. The van der Waals surface area contributed by atoms with Crippen molar-refractivity contribution in [1.82, 2.24) is 0 Å². The fourth-order valence-electron chi connectivity index (χ4n) is 2.23. The Bertz CT molecular complexity index is 395. The van der Waals surface area contributed by atoms with E-state index in [0.29, 0.717) is 13.0 Å². The third-order valence-corrected chi connectivity index (χ3v) is 8.70. The number of ether oxygens (including phenoxy) is 2. The molecule has 0 amide bonds. The number of nitriles is 1. The van der Waals surface area contributed by atoms with E-state index in [1.807, 2.05) is 20.8 Å². The van der Waals surface area contributed by atoms with Crippen LogP contribution < -0.4 is 0 Å². The van der Waals surface area contributed by atoms with E-state index >= 15 is 0 Å². The molecular weight excluding hydrogens is 270 g/mol. The maximum absolute atomic E-state index is 9.60. The van der Waals surface area contributed by atoms with Crippen LogP contribution in [0.25, 0.3) is 0 Å². The number of nitrogens with zero attached hydrogens (tertiary/aromatic N) is 1. The second kappa shape index (κ2) is 5.41. The van der Waals surface area contributed by atoms with Crippen LogP contribution in [-0.4, -0.2) is 32.4 Å². The van der Waals surface area contributed by atoms with Gasteiger partial charge in [0.05, 0.1) is 12.7 Å². The second-order valence-corrected chi connectivity index (χ2v) is 12.6. The average Bonchev–Trinajstić information content (AvgIpc) is 2.22. The molecule has 0 unspecified atom stereocenters. The molecule has 4 nitrogen and oxygen atoms in total. The molecule has 0 aromatic heterocycles. The molecule has 0 N–H and O–H groups in total. The van der Waals surface area contributed by atoms with Gasteiger partial charge in [0.15, 0.2) is 19.7 Å². The standard InChI is InChI=1S/C15H29NO3Si/c1-12-9-15(10-16,19-14(5,6)18-12)11-17-20(7,8)13(2,3)4/h12H,9,11H2,1-8H3/t12-,15-/m0/s1. The molecule has 116 valence electrons. The van der Waals surface area contributed by atoms with Gasteiger partial charge in [-0.1, -0.05) is 20.8 Å². The van der Waals surface area contributed by atoms with E-state index < -0.39 is 19.7 Å². The van der Waals surface area contributed by atoms with Crippen molar-refractivity contribution in [2.45, 2.75) is 83.6 Å². The van der Waals surface area contributed by atoms with E-state index in [1.54, 1.807) is 0 Å². The molecule has 1 aliphatic heterocycles. The second-order valence-electron chi connectivity index (χ2n) is 7.79. The first-order valence-electron chi connectivity index (χ1n) is 7.26. The van der Waals surface area contributed by atoms with Gasteiger partial charge in [-0.25, -0.2) is 0 Å². The van der Waals surface area contributed by atoms with Gasteiger partial charge in [-0.2, -0.15) is 5.26 Å². The maximum Gasteiger partial charge on any atom is 0.192 e.